The maximum Gasteiger partial charge on any atom is 0.319 e. The third kappa shape index (κ3) is 4.13. The number of amides is 2. The van der Waals surface area contributed by atoms with E-state index in [9.17, 15) is 18.0 Å². The largest absolute Gasteiger partial charge is 0.383 e. The third-order valence-corrected chi connectivity index (χ3v) is 2.48. The smallest absolute Gasteiger partial charge is 0.319 e. The first kappa shape index (κ1) is 15.3. The van der Waals surface area contributed by atoms with E-state index in [-0.39, 0.29) is 6.04 Å². The number of urea groups is 1. The first-order valence-electron chi connectivity index (χ1n) is 5.69. The molecule has 7 heteroatoms. The lowest BCUT2D eigenvalue weighted by Gasteiger charge is -2.16. The van der Waals surface area contributed by atoms with Crippen LogP contribution in [0, 0.1) is 17.5 Å². The first-order chi connectivity index (χ1) is 8.99. The molecule has 4 nitrogen and oxygen atoms in total. The maximum atomic E-state index is 13.3. The summed E-state index contributed by atoms with van der Waals surface area (Å²) in [5, 5.41) is 4.63. The minimum Gasteiger partial charge on any atom is -0.383 e. The second-order valence-corrected chi connectivity index (χ2v) is 3.88. The van der Waals surface area contributed by atoms with Crippen LogP contribution in [0.25, 0.3) is 0 Å². The van der Waals surface area contributed by atoms with E-state index >= 15 is 0 Å². The van der Waals surface area contributed by atoms with Gasteiger partial charge in [-0.25, -0.2) is 18.0 Å². The molecule has 0 aromatic heterocycles. The molecule has 0 heterocycles. The third-order valence-electron chi connectivity index (χ3n) is 2.48. The molecule has 19 heavy (non-hydrogen) atoms. The van der Waals surface area contributed by atoms with Gasteiger partial charge in [-0.1, -0.05) is 6.92 Å². The van der Waals surface area contributed by atoms with E-state index in [4.69, 9.17) is 4.74 Å². The molecule has 0 saturated carbocycles. The van der Waals surface area contributed by atoms with Crippen molar-refractivity contribution in [3.8, 4) is 0 Å². The van der Waals surface area contributed by atoms with Crippen LogP contribution in [0.1, 0.15) is 13.3 Å². The molecule has 1 aromatic carbocycles. The number of methoxy groups -OCH3 is 1. The van der Waals surface area contributed by atoms with Crippen molar-refractivity contribution in [2.45, 2.75) is 19.4 Å². The molecule has 1 atom stereocenters. The van der Waals surface area contributed by atoms with Crippen molar-refractivity contribution in [1.29, 1.82) is 0 Å². The molecule has 0 spiro atoms. The number of carbonyl (C=O) groups excluding carboxylic acids is 1. The molecule has 0 fully saturated rings. The molecule has 1 aromatic rings. The van der Waals surface area contributed by atoms with Crippen LogP contribution in [-0.2, 0) is 4.74 Å². The Balaban J connectivity index is 2.69. The van der Waals surface area contributed by atoms with Crippen molar-refractivity contribution in [3.05, 3.63) is 29.6 Å². The van der Waals surface area contributed by atoms with Crippen LogP contribution >= 0.6 is 0 Å². The van der Waals surface area contributed by atoms with E-state index in [1.54, 1.807) is 0 Å². The maximum absolute atomic E-state index is 13.3. The van der Waals surface area contributed by atoms with Crippen molar-refractivity contribution in [3.63, 3.8) is 0 Å². The highest BCUT2D eigenvalue weighted by Gasteiger charge is 2.16. The van der Waals surface area contributed by atoms with Crippen LogP contribution in [0.2, 0.25) is 0 Å². The van der Waals surface area contributed by atoms with Gasteiger partial charge in [-0.05, 0) is 18.6 Å². The Hall–Kier alpha value is -1.76. The zero-order valence-corrected chi connectivity index (χ0v) is 10.6. The monoisotopic (exact) mass is 276 g/mol. The molecule has 106 valence electrons. The Morgan fingerprint density at radius 3 is 2.58 bits per heavy atom. The number of halogens is 3. The molecule has 1 unspecified atom stereocenters. The lowest BCUT2D eigenvalue weighted by atomic mass is 10.2. The van der Waals surface area contributed by atoms with E-state index in [0.29, 0.717) is 13.0 Å². The molecule has 0 radical (unpaired) electrons. The molecular weight excluding hydrogens is 261 g/mol. The molecule has 1 rings (SSSR count). The molecule has 0 bridgehead atoms. The second kappa shape index (κ2) is 6.98. The van der Waals surface area contributed by atoms with Gasteiger partial charge in [0.25, 0.3) is 0 Å². The van der Waals surface area contributed by atoms with Gasteiger partial charge in [0.05, 0.1) is 18.3 Å². The van der Waals surface area contributed by atoms with Gasteiger partial charge in [-0.2, -0.15) is 0 Å². The number of hydrogen-bond donors (Lipinski definition) is 2. The van der Waals surface area contributed by atoms with E-state index in [0.717, 1.165) is 12.1 Å². The zero-order chi connectivity index (χ0) is 14.4. The molecular formula is C12H15F3N2O2. The molecule has 0 aliphatic carbocycles. The van der Waals surface area contributed by atoms with Crippen molar-refractivity contribution < 1.29 is 22.7 Å². The molecule has 0 aliphatic heterocycles. The second-order valence-electron chi connectivity index (χ2n) is 3.88. The van der Waals surface area contributed by atoms with Crippen molar-refractivity contribution in [2.75, 3.05) is 19.0 Å². The number of carbonyl (C=O) groups is 1. The molecule has 2 N–H and O–H groups in total. The summed E-state index contributed by atoms with van der Waals surface area (Å²) in [6.45, 7) is 2.13. The Morgan fingerprint density at radius 1 is 1.32 bits per heavy atom. The number of rotatable bonds is 5. The Kier molecular flexibility index (Phi) is 5.62. The summed E-state index contributed by atoms with van der Waals surface area (Å²) in [4.78, 5) is 11.5. The Labute approximate surface area is 108 Å². The van der Waals surface area contributed by atoms with Gasteiger partial charge in [0.15, 0.2) is 17.5 Å². The zero-order valence-electron chi connectivity index (χ0n) is 10.6. The van der Waals surface area contributed by atoms with Crippen molar-refractivity contribution >= 4 is 11.7 Å². The molecule has 0 aliphatic rings. The molecule has 0 saturated heterocycles. The van der Waals surface area contributed by atoms with E-state index in [2.05, 4.69) is 10.6 Å². The van der Waals surface area contributed by atoms with Crippen LogP contribution in [0.15, 0.2) is 12.1 Å². The lowest BCUT2D eigenvalue weighted by Crippen LogP contribution is -2.40. The Bertz CT molecular complexity index is 455. The average molecular weight is 276 g/mol. The standard InChI is InChI=1S/C12H15F3N2O2/c1-3-7(6-19-2)16-12(18)17-9-5-4-8(13)10(14)11(9)15/h4-5,7H,3,6H2,1-2H3,(H2,16,17,18). The predicted molar refractivity (Wildman–Crippen MR) is 64.4 cm³/mol. The highest BCUT2D eigenvalue weighted by atomic mass is 19.2. The Morgan fingerprint density at radius 2 is 2.00 bits per heavy atom. The fourth-order valence-electron chi connectivity index (χ4n) is 1.43. The van der Waals surface area contributed by atoms with Gasteiger partial charge < -0.3 is 15.4 Å². The van der Waals surface area contributed by atoms with E-state index in [1.165, 1.54) is 7.11 Å². The van der Waals surface area contributed by atoms with Gasteiger partial charge >= 0.3 is 6.03 Å². The van der Waals surface area contributed by atoms with Crippen LogP contribution in [0.3, 0.4) is 0 Å². The van der Waals surface area contributed by atoms with Gasteiger partial charge in [0.1, 0.15) is 0 Å². The predicted octanol–water partition coefficient (Wildman–Crippen LogP) is 2.65. The van der Waals surface area contributed by atoms with Gasteiger partial charge in [-0.15, -0.1) is 0 Å². The van der Waals surface area contributed by atoms with Crippen molar-refractivity contribution in [1.82, 2.24) is 5.32 Å². The minimum absolute atomic E-state index is 0.252. The van der Waals surface area contributed by atoms with Crippen LogP contribution in [0.5, 0.6) is 0 Å². The topological polar surface area (TPSA) is 50.4 Å². The van der Waals surface area contributed by atoms with Gasteiger partial charge in [0, 0.05) is 7.11 Å². The normalized spacial score (nSPS) is 12.1. The highest BCUT2D eigenvalue weighted by molar-refractivity contribution is 5.89. The number of hydrogen-bond acceptors (Lipinski definition) is 2. The quantitative estimate of drug-likeness (QED) is 0.812. The summed E-state index contributed by atoms with van der Waals surface area (Å²) >= 11 is 0. The number of anilines is 1. The van der Waals surface area contributed by atoms with Crippen molar-refractivity contribution in [2.24, 2.45) is 0 Å². The number of nitrogens with one attached hydrogen (secondary N) is 2. The highest BCUT2D eigenvalue weighted by Crippen LogP contribution is 2.19. The average Bonchev–Trinajstić information content (AvgIpc) is 2.39. The molecule has 2 amide bonds. The summed E-state index contributed by atoms with van der Waals surface area (Å²) in [6, 6.07) is 0.720. The van der Waals surface area contributed by atoms with Crippen LogP contribution in [0.4, 0.5) is 23.7 Å². The first-order valence-corrected chi connectivity index (χ1v) is 5.69. The van der Waals surface area contributed by atoms with Gasteiger partial charge in [-0.3, -0.25) is 0 Å². The summed E-state index contributed by atoms with van der Waals surface area (Å²) < 4.78 is 43.8. The minimum atomic E-state index is -1.62. The van der Waals surface area contributed by atoms with E-state index < -0.39 is 29.2 Å². The summed E-state index contributed by atoms with van der Waals surface area (Å²) in [6.07, 6.45) is 0.613. The fraction of sp³-hybridized carbons (Fsp3) is 0.417. The number of benzene rings is 1. The summed E-state index contributed by atoms with van der Waals surface area (Å²) in [5.41, 5.74) is -0.427. The fourth-order valence-corrected chi connectivity index (χ4v) is 1.43. The SMILES string of the molecule is CCC(COC)NC(=O)Nc1ccc(F)c(F)c1F. The number of ether oxygens (including phenoxy) is 1. The van der Waals surface area contributed by atoms with Crippen LogP contribution in [-0.4, -0.2) is 25.8 Å². The summed E-state index contributed by atoms with van der Waals surface area (Å²) in [7, 11) is 1.48. The van der Waals surface area contributed by atoms with Gasteiger partial charge in [0.2, 0.25) is 0 Å². The lowest BCUT2D eigenvalue weighted by molar-refractivity contribution is 0.165. The van der Waals surface area contributed by atoms with E-state index in [1.807, 2.05) is 6.92 Å². The summed E-state index contributed by atoms with van der Waals surface area (Å²) in [5.74, 6) is -4.37. The van der Waals surface area contributed by atoms with Crippen LogP contribution < -0.4 is 10.6 Å².